The Bertz CT molecular complexity index is 771. The molecule has 0 saturated carbocycles. The number of nitrogens with two attached hydrogens (primary N) is 1. The van der Waals surface area contributed by atoms with Gasteiger partial charge in [0.1, 0.15) is 11.4 Å². The number of aromatic nitrogens is 1. The highest BCUT2D eigenvalue weighted by Gasteiger charge is 2.44. The molecule has 0 aliphatic carbocycles. The largest absolute Gasteiger partial charge is 0.444 e. The molecule has 1 aromatic heterocycles. The van der Waals surface area contributed by atoms with Crippen LogP contribution >= 0.6 is 0 Å². The van der Waals surface area contributed by atoms with Crippen LogP contribution in [-0.2, 0) is 14.8 Å². The van der Waals surface area contributed by atoms with Gasteiger partial charge in [-0.05, 0) is 59.6 Å². The zero-order valence-corrected chi connectivity index (χ0v) is 16.8. The van der Waals surface area contributed by atoms with Crippen LogP contribution in [0, 0.1) is 0 Å². The van der Waals surface area contributed by atoms with Gasteiger partial charge in [0, 0.05) is 12.1 Å². The smallest absolute Gasteiger partial charge is 0.411 e. The van der Waals surface area contributed by atoms with Gasteiger partial charge in [-0.25, -0.2) is 23.3 Å². The number of rotatable bonds is 4. The topological polar surface area (TPSA) is 115 Å². The van der Waals surface area contributed by atoms with E-state index in [2.05, 4.69) is 10.3 Å². The summed E-state index contributed by atoms with van der Waals surface area (Å²) in [4.78, 5) is 18.4. The van der Waals surface area contributed by atoms with Gasteiger partial charge in [0.05, 0.1) is 6.04 Å². The van der Waals surface area contributed by atoms with E-state index < -0.39 is 15.6 Å². The first kappa shape index (κ1) is 20.4. The summed E-state index contributed by atoms with van der Waals surface area (Å²) in [5.74, 6) is 0.394. The molecule has 9 heteroatoms. The maximum atomic E-state index is 12.6. The number of sulfonamides is 1. The lowest BCUT2D eigenvalue weighted by Crippen LogP contribution is -2.51. The molecule has 0 aromatic carbocycles. The number of primary sulfonamides is 1. The van der Waals surface area contributed by atoms with Crippen LogP contribution in [0.3, 0.4) is 0 Å². The summed E-state index contributed by atoms with van der Waals surface area (Å²) < 4.78 is 28.4. The summed E-state index contributed by atoms with van der Waals surface area (Å²) in [6.07, 6.45) is 1.32. The molecule has 2 heterocycles. The van der Waals surface area contributed by atoms with Crippen molar-refractivity contribution in [2.45, 2.75) is 69.7 Å². The van der Waals surface area contributed by atoms with Gasteiger partial charge in [-0.1, -0.05) is 6.07 Å². The Balaban J connectivity index is 2.12. The van der Waals surface area contributed by atoms with Crippen molar-refractivity contribution < 1.29 is 17.9 Å². The minimum atomic E-state index is -3.86. The molecule has 1 amide bonds. The molecule has 0 spiro atoms. The Labute approximate surface area is 155 Å². The molecule has 0 radical (unpaired) electrons. The van der Waals surface area contributed by atoms with Crippen LogP contribution in [0.2, 0.25) is 0 Å². The zero-order chi connectivity index (χ0) is 19.8. The minimum absolute atomic E-state index is 0.0835. The highest BCUT2D eigenvalue weighted by Crippen LogP contribution is 2.34. The third-order valence-corrected chi connectivity index (χ3v) is 5.04. The van der Waals surface area contributed by atoms with Gasteiger partial charge in [0.25, 0.3) is 10.0 Å². The predicted octanol–water partition coefficient (Wildman–Crippen LogP) is 2.32. The highest BCUT2D eigenvalue weighted by atomic mass is 32.2. The molecule has 1 fully saturated rings. The molecule has 1 aliphatic heterocycles. The third kappa shape index (κ3) is 5.07. The Morgan fingerprint density at radius 2 is 2.08 bits per heavy atom. The second-order valence-electron chi connectivity index (χ2n) is 8.14. The van der Waals surface area contributed by atoms with Gasteiger partial charge < -0.3 is 10.1 Å². The molecule has 26 heavy (non-hydrogen) atoms. The lowest BCUT2D eigenvalue weighted by atomic mass is 10.0. The molecular formula is C17H28N4O4S. The summed E-state index contributed by atoms with van der Waals surface area (Å²) >= 11 is 0. The monoisotopic (exact) mass is 384 g/mol. The number of hydrogen-bond donors (Lipinski definition) is 2. The molecule has 8 nitrogen and oxygen atoms in total. The van der Waals surface area contributed by atoms with Gasteiger partial charge in [-0.15, -0.1) is 0 Å². The Kier molecular flexibility index (Phi) is 5.53. The van der Waals surface area contributed by atoms with E-state index >= 15 is 0 Å². The SMILES string of the molecule is CC(C)(C)OC(=O)N1C(CNc2cccc(S(N)(=O)=O)n2)CCC1(C)C. The van der Waals surface area contributed by atoms with Crippen LogP contribution < -0.4 is 10.5 Å². The normalized spacial score (nSPS) is 20.1. The van der Waals surface area contributed by atoms with Crippen LogP contribution in [0.4, 0.5) is 10.6 Å². The first-order chi connectivity index (χ1) is 11.8. The number of pyridine rings is 1. The van der Waals surface area contributed by atoms with Crippen molar-refractivity contribution in [2.24, 2.45) is 5.14 Å². The standard InChI is InChI=1S/C17H28N4O4S/c1-16(2,3)25-15(22)21-12(9-10-17(21,4)5)11-19-13-7-6-8-14(20-13)26(18,23)24/h6-8,12H,9-11H2,1-5H3,(H,19,20)(H2,18,23,24). The summed E-state index contributed by atoms with van der Waals surface area (Å²) in [6, 6.07) is 4.48. The number of hydrogen-bond acceptors (Lipinski definition) is 6. The Morgan fingerprint density at radius 3 is 2.65 bits per heavy atom. The van der Waals surface area contributed by atoms with Crippen molar-refractivity contribution in [1.82, 2.24) is 9.88 Å². The summed E-state index contributed by atoms with van der Waals surface area (Å²) in [5.41, 5.74) is -0.885. The van der Waals surface area contributed by atoms with Crippen molar-refractivity contribution in [3.05, 3.63) is 18.2 Å². The lowest BCUT2D eigenvalue weighted by molar-refractivity contribution is 0.00501. The number of likely N-dealkylation sites (tertiary alicyclic amines) is 1. The van der Waals surface area contributed by atoms with Crippen molar-refractivity contribution in [1.29, 1.82) is 0 Å². The fraction of sp³-hybridized carbons (Fsp3) is 0.647. The molecule has 1 aliphatic rings. The maximum absolute atomic E-state index is 12.6. The van der Waals surface area contributed by atoms with E-state index in [1.807, 2.05) is 34.6 Å². The van der Waals surface area contributed by atoms with Crippen molar-refractivity contribution in [3.63, 3.8) is 0 Å². The Hall–Kier alpha value is -1.87. The second-order valence-corrected chi connectivity index (χ2v) is 9.65. The average molecular weight is 385 g/mol. The molecule has 1 saturated heterocycles. The van der Waals surface area contributed by atoms with Crippen molar-refractivity contribution >= 4 is 21.9 Å². The van der Waals surface area contributed by atoms with Gasteiger partial charge >= 0.3 is 6.09 Å². The number of nitrogens with one attached hydrogen (secondary N) is 1. The quantitative estimate of drug-likeness (QED) is 0.823. The van der Waals surface area contributed by atoms with Gasteiger partial charge in [-0.2, -0.15) is 0 Å². The number of anilines is 1. The van der Waals surface area contributed by atoms with Gasteiger partial charge in [0.2, 0.25) is 0 Å². The van der Waals surface area contributed by atoms with Crippen LogP contribution in [-0.4, -0.2) is 48.1 Å². The van der Waals surface area contributed by atoms with Gasteiger partial charge in [-0.3, -0.25) is 4.90 Å². The van der Waals surface area contributed by atoms with E-state index in [4.69, 9.17) is 9.88 Å². The molecule has 1 unspecified atom stereocenters. The molecular weight excluding hydrogens is 356 g/mol. The molecule has 0 bridgehead atoms. The van der Waals surface area contributed by atoms with E-state index in [0.717, 1.165) is 12.8 Å². The van der Waals surface area contributed by atoms with Crippen molar-refractivity contribution in [2.75, 3.05) is 11.9 Å². The fourth-order valence-electron chi connectivity index (χ4n) is 3.06. The van der Waals surface area contributed by atoms with Crippen LogP contribution in [0.1, 0.15) is 47.5 Å². The number of carbonyl (C=O) groups is 1. The fourth-order valence-corrected chi connectivity index (χ4v) is 3.55. The molecule has 1 atom stereocenters. The van der Waals surface area contributed by atoms with Crippen molar-refractivity contribution in [3.8, 4) is 0 Å². The van der Waals surface area contributed by atoms with Crippen LogP contribution in [0.5, 0.6) is 0 Å². The maximum Gasteiger partial charge on any atom is 0.411 e. The molecule has 3 N–H and O–H groups in total. The van der Waals surface area contributed by atoms with Crippen LogP contribution in [0.15, 0.2) is 23.2 Å². The molecule has 2 rings (SSSR count). The van der Waals surface area contributed by atoms with E-state index in [1.54, 1.807) is 17.0 Å². The highest BCUT2D eigenvalue weighted by molar-refractivity contribution is 7.89. The van der Waals surface area contributed by atoms with E-state index in [9.17, 15) is 13.2 Å². The first-order valence-corrected chi connectivity index (χ1v) is 10.1. The average Bonchev–Trinajstić information content (AvgIpc) is 2.77. The number of carbonyl (C=O) groups excluding carboxylic acids is 1. The molecule has 146 valence electrons. The minimum Gasteiger partial charge on any atom is -0.444 e. The lowest BCUT2D eigenvalue weighted by Gasteiger charge is -2.37. The third-order valence-electron chi connectivity index (χ3n) is 4.23. The summed E-state index contributed by atoms with van der Waals surface area (Å²) in [7, 11) is -3.86. The Morgan fingerprint density at radius 1 is 1.42 bits per heavy atom. The zero-order valence-electron chi connectivity index (χ0n) is 15.9. The first-order valence-electron chi connectivity index (χ1n) is 8.56. The van der Waals surface area contributed by atoms with Crippen LogP contribution in [0.25, 0.3) is 0 Å². The predicted molar refractivity (Wildman–Crippen MR) is 99.3 cm³/mol. The summed E-state index contributed by atoms with van der Waals surface area (Å²) in [6.45, 7) is 9.97. The number of amides is 1. The summed E-state index contributed by atoms with van der Waals surface area (Å²) in [5, 5.41) is 8.02. The number of ether oxygens (including phenoxy) is 1. The number of nitrogens with zero attached hydrogens (tertiary/aromatic N) is 2. The van der Waals surface area contributed by atoms with E-state index in [-0.39, 0.29) is 22.7 Å². The van der Waals surface area contributed by atoms with Gasteiger partial charge in [0.15, 0.2) is 5.03 Å². The van der Waals surface area contributed by atoms with E-state index in [1.165, 1.54) is 6.07 Å². The van der Waals surface area contributed by atoms with E-state index in [0.29, 0.717) is 12.4 Å². The second kappa shape index (κ2) is 7.03. The molecule has 1 aromatic rings.